The normalized spacial score (nSPS) is 15.5. The van der Waals surface area contributed by atoms with Gasteiger partial charge in [0.15, 0.2) is 5.82 Å². The van der Waals surface area contributed by atoms with Gasteiger partial charge in [-0.25, -0.2) is 0 Å². The Morgan fingerprint density at radius 2 is 1.83 bits per heavy atom. The summed E-state index contributed by atoms with van der Waals surface area (Å²) in [5.74, 6) is 0.640. The molecule has 1 aliphatic heterocycles. The second-order valence-electron chi connectivity index (χ2n) is 5.85. The molecule has 0 aliphatic carbocycles. The molecule has 0 saturated carbocycles. The third kappa shape index (κ3) is 3.40. The third-order valence-corrected chi connectivity index (χ3v) is 4.37. The van der Waals surface area contributed by atoms with E-state index in [0.29, 0.717) is 18.1 Å². The van der Waals surface area contributed by atoms with E-state index in [2.05, 4.69) is 45.1 Å². The first-order valence-corrected chi connectivity index (χ1v) is 8.30. The first-order chi connectivity index (χ1) is 11.7. The largest absolute Gasteiger partial charge is 0.395 e. The molecule has 0 atom stereocenters. The van der Waals surface area contributed by atoms with Gasteiger partial charge in [0.2, 0.25) is 5.69 Å². The molecular formula is C17H22N6O. The summed E-state index contributed by atoms with van der Waals surface area (Å²) >= 11 is 0. The summed E-state index contributed by atoms with van der Waals surface area (Å²) in [6.07, 6.45) is 0.986. The first kappa shape index (κ1) is 16.4. The number of aliphatic hydroxyl groups excluding tert-OH is 1. The lowest BCUT2D eigenvalue weighted by atomic mass is 10.2. The number of hydrogen-bond donors (Lipinski definition) is 1. The predicted octanol–water partition coefficient (Wildman–Crippen LogP) is 0.816. The summed E-state index contributed by atoms with van der Waals surface area (Å²) in [4.78, 5) is 5.83. The maximum atomic E-state index is 9.39. The van der Waals surface area contributed by atoms with E-state index in [4.69, 9.17) is 5.11 Å². The molecule has 0 radical (unpaired) electrons. The molecule has 0 spiro atoms. The Balaban J connectivity index is 1.79. The van der Waals surface area contributed by atoms with Crippen LogP contribution < -0.4 is 4.90 Å². The van der Waals surface area contributed by atoms with Gasteiger partial charge in [-0.1, -0.05) is 19.1 Å². The Labute approximate surface area is 141 Å². The molecule has 0 amide bonds. The summed E-state index contributed by atoms with van der Waals surface area (Å²) in [5.41, 5.74) is 2.46. The smallest absolute Gasteiger partial charge is 0.207 e. The zero-order valence-corrected chi connectivity index (χ0v) is 13.9. The summed E-state index contributed by atoms with van der Waals surface area (Å²) in [6.45, 7) is 6.24. The van der Waals surface area contributed by atoms with Crippen molar-refractivity contribution in [3.05, 3.63) is 35.5 Å². The molecule has 1 saturated heterocycles. The maximum absolute atomic E-state index is 9.39. The van der Waals surface area contributed by atoms with Gasteiger partial charge in [-0.3, -0.25) is 4.90 Å². The van der Waals surface area contributed by atoms with Gasteiger partial charge in [0.05, 0.1) is 12.3 Å². The standard InChI is InChI=1S/C17H22N6O/c1-2-14-3-5-15(6-4-14)23-19-16(13-18)17(20-23)22-9-7-21(8-10-22)11-12-24/h3-6,24H,2,7-12H2,1H3. The van der Waals surface area contributed by atoms with Gasteiger partial charge in [-0.05, 0) is 24.1 Å². The van der Waals surface area contributed by atoms with Crippen molar-refractivity contribution in [1.82, 2.24) is 19.9 Å². The van der Waals surface area contributed by atoms with Crippen molar-refractivity contribution in [2.75, 3.05) is 44.2 Å². The lowest BCUT2D eigenvalue weighted by Crippen LogP contribution is -2.47. The Morgan fingerprint density at radius 3 is 2.42 bits per heavy atom. The highest BCUT2D eigenvalue weighted by molar-refractivity contribution is 5.50. The van der Waals surface area contributed by atoms with Gasteiger partial charge >= 0.3 is 0 Å². The minimum absolute atomic E-state index is 0.174. The number of aliphatic hydroxyl groups is 1. The monoisotopic (exact) mass is 326 g/mol. The lowest BCUT2D eigenvalue weighted by Gasteiger charge is -2.34. The number of β-amino-alcohol motifs (C(OH)–C–C–N with tert-alkyl or cyclic N) is 1. The SMILES string of the molecule is CCc1ccc(-n2nc(C#N)c(N3CCN(CCO)CC3)n2)cc1. The van der Waals surface area contributed by atoms with Gasteiger partial charge < -0.3 is 10.0 Å². The van der Waals surface area contributed by atoms with Crippen LogP contribution in [0.5, 0.6) is 0 Å². The lowest BCUT2D eigenvalue weighted by molar-refractivity contribution is 0.188. The molecule has 2 aromatic rings. The van der Waals surface area contributed by atoms with Crippen LogP contribution in [0.25, 0.3) is 5.69 Å². The van der Waals surface area contributed by atoms with Crippen molar-refractivity contribution in [3.8, 4) is 11.8 Å². The van der Waals surface area contributed by atoms with Gasteiger partial charge in [0, 0.05) is 32.7 Å². The van der Waals surface area contributed by atoms with Crippen molar-refractivity contribution in [1.29, 1.82) is 5.26 Å². The van der Waals surface area contributed by atoms with E-state index in [1.807, 2.05) is 12.1 Å². The highest BCUT2D eigenvalue weighted by atomic mass is 16.3. The number of aromatic nitrogens is 3. The predicted molar refractivity (Wildman–Crippen MR) is 91.2 cm³/mol. The second kappa shape index (κ2) is 7.43. The molecule has 1 aliphatic rings. The van der Waals surface area contributed by atoms with Crippen LogP contribution in [0.1, 0.15) is 18.2 Å². The zero-order valence-electron chi connectivity index (χ0n) is 13.9. The number of hydrogen-bond acceptors (Lipinski definition) is 6. The molecule has 24 heavy (non-hydrogen) atoms. The Hall–Kier alpha value is -2.43. The van der Waals surface area contributed by atoms with Crippen molar-refractivity contribution in [2.45, 2.75) is 13.3 Å². The van der Waals surface area contributed by atoms with E-state index in [-0.39, 0.29) is 6.61 Å². The molecule has 1 aromatic heterocycles. The van der Waals surface area contributed by atoms with E-state index in [1.165, 1.54) is 10.4 Å². The van der Waals surface area contributed by atoms with Gasteiger partial charge in [-0.15, -0.1) is 15.0 Å². The number of nitriles is 1. The van der Waals surface area contributed by atoms with Crippen LogP contribution in [0.4, 0.5) is 5.82 Å². The van der Waals surface area contributed by atoms with Crippen molar-refractivity contribution in [3.63, 3.8) is 0 Å². The topological polar surface area (TPSA) is 81.2 Å². The van der Waals surface area contributed by atoms with Crippen molar-refractivity contribution >= 4 is 5.82 Å². The summed E-state index contributed by atoms with van der Waals surface area (Å²) < 4.78 is 0. The van der Waals surface area contributed by atoms with Crippen molar-refractivity contribution < 1.29 is 5.11 Å². The Kier molecular flexibility index (Phi) is 5.08. The summed E-state index contributed by atoms with van der Waals surface area (Å²) in [7, 11) is 0. The van der Waals surface area contributed by atoms with E-state index in [9.17, 15) is 5.26 Å². The van der Waals surface area contributed by atoms with Gasteiger partial charge in [0.25, 0.3) is 0 Å². The fourth-order valence-corrected chi connectivity index (χ4v) is 2.89. The Morgan fingerprint density at radius 1 is 1.12 bits per heavy atom. The fraction of sp³-hybridized carbons (Fsp3) is 0.471. The molecule has 2 heterocycles. The fourth-order valence-electron chi connectivity index (χ4n) is 2.89. The number of piperazine rings is 1. The number of aryl methyl sites for hydroxylation is 1. The molecule has 0 bridgehead atoms. The number of nitrogens with zero attached hydrogens (tertiary/aromatic N) is 6. The van der Waals surface area contributed by atoms with Crippen LogP contribution in [0, 0.1) is 11.3 Å². The average molecular weight is 326 g/mol. The second-order valence-corrected chi connectivity index (χ2v) is 5.85. The molecule has 7 nitrogen and oxygen atoms in total. The molecule has 1 aromatic carbocycles. The summed E-state index contributed by atoms with van der Waals surface area (Å²) in [6, 6.07) is 10.2. The third-order valence-electron chi connectivity index (χ3n) is 4.37. The average Bonchev–Trinajstić information content (AvgIpc) is 3.07. The molecule has 0 unspecified atom stereocenters. The summed E-state index contributed by atoms with van der Waals surface area (Å²) in [5, 5.41) is 27.3. The van der Waals surface area contributed by atoms with E-state index in [1.54, 1.807) is 0 Å². The zero-order chi connectivity index (χ0) is 16.9. The Bertz CT molecular complexity index is 710. The molecule has 1 N–H and O–H groups in total. The number of benzene rings is 1. The van der Waals surface area contributed by atoms with Crippen LogP contribution in [0.15, 0.2) is 24.3 Å². The van der Waals surface area contributed by atoms with E-state index in [0.717, 1.165) is 38.3 Å². The minimum atomic E-state index is 0.174. The molecule has 126 valence electrons. The van der Waals surface area contributed by atoms with Crippen LogP contribution >= 0.6 is 0 Å². The van der Waals surface area contributed by atoms with Crippen molar-refractivity contribution in [2.24, 2.45) is 0 Å². The van der Waals surface area contributed by atoms with Crippen LogP contribution in [-0.4, -0.2) is 64.3 Å². The molecule has 1 fully saturated rings. The number of anilines is 1. The van der Waals surface area contributed by atoms with E-state index >= 15 is 0 Å². The molecular weight excluding hydrogens is 304 g/mol. The van der Waals surface area contributed by atoms with E-state index < -0.39 is 0 Å². The highest BCUT2D eigenvalue weighted by Crippen LogP contribution is 2.19. The highest BCUT2D eigenvalue weighted by Gasteiger charge is 2.23. The molecule has 3 rings (SSSR count). The molecule has 7 heteroatoms. The maximum Gasteiger partial charge on any atom is 0.207 e. The van der Waals surface area contributed by atoms with Crippen LogP contribution in [0.2, 0.25) is 0 Å². The van der Waals surface area contributed by atoms with Gasteiger partial charge in [0.1, 0.15) is 6.07 Å². The number of rotatable bonds is 5. The van der Waals surface area contributed by atoms with Crippen LogP contribution in [0.3, 0.4) is 0 Å². The van der Waals surface area contributed by atoms with Gasteiger partial charge in [-0.2, -0.15) is 5.26 Å². The minimum Gasteiger partial charge on any atom is -0.395 e. The first-order valence-electron chi connectivity index (χ1n) is 8.30. The van der Waals surface area contributed by atoms with Crippen LogP contribution in [-0.2, 0) is 6.42 Å². The quantitative estimate of drug-likeness (QED) is 0.876.